The van der Waals surface area contributed by atoms with Gasteiger partial charge in [0.15, 0.2) is 0 Å². The van der Waals surface area contributed by atoms with E-state index in [-0.39, 0.29) is 16.0 Å². The van der Waals surface area contributed by atoms with Crippen LogP contribution < -0.4 is 10.5 Å². The Morgan fingerprint density at radius 3 is 2.83 bits per heavy atom. The maximum absolute atomic E-state index is 11.8. The summed E-state index contributed by atoms with van der Waals surface area (Å²) in [5.41, 5.74) is 6.93. The number of hydrogen-bond donors (Lipinski definition) is 2. The number of pyridine rings is 1. The minimum Gasteiger partial charge on any atom is -0.374 e. The predicted molar refractivity (Wildman–Crippen MR) is 67.3 cm³/mol. The third kappa shape index (κ3) is 2.81. The van der Waals surface area contributed by atoms with E-state index >= 15 is 0 Å². The Morgan fingerprint density at radius 1 is 1.44 bits per heavy atom. The highest BCUT2D eigenvalue weighted by atomic mass is 32.2. The molecule has 18 heavy (non-hydrogen) atoms. The highest BCUT2D eigenvalue weighted by Gasteiger charge is 2.19. The van der Waals surface area contributed by atoms with Crippen molar-refractivity contribution in [2.45, 2.75) is 17.8 Å². The van der Waals surface area contributed by atoms with Crippen molar-refractivity contribution in [1.82, 2.24) is 19.9 Å². The molecule has 0 aliphatic carbocycles. The van der Waals surface area contributed by atoms with E-state index in [2.05, 4.69) is 19.9 Å². The molecule has 7 nitrogen and oxygen atoms in total. The lowest BCUT2D eigenvalue weighted by Crippen LogP contribution is -2.24. The van der Waals surface area contributed by atoms with Crippen molar-refractivity contribution in [2.24, 2.45) is 0 Å². The molecule has 3 N–H and O–H groups in total. The first-order valence-electron chi connectivity index (χ1n) is 4.98. The first kappa shape index (κ1) is 12.9. The molecule has 0 atom stereocenters. The summed E-state index contributed by atoms with van der Waals surface area (Å²) in [6.07, 6.45) is 1.61. The highest BCUT2D eigenvalue weighted by molar-refractivity contribution is 7.91. The van der Waals surface area contributed by atoms with Gasteiger partial charge in [-0.2, -0.15) is 0 Å². The van der Waals surface area contributed by atoms with Crippen molar-refractivity contribution in [3.63, 3.8) is 0 Å². The average Bonchev–Trinajstić information content (AvgIpc) is 2.76. The molecule has 0 radical (unpaired) electrons. The van der Waals surface area contributed by atoms with Gasteiger partial charge < -0.3 is 5.73 Å². The van der Waals surface area contributed by atoms with Gasteiger partial charge in [0.2, 0.25) is 9.47 Å². The van der Waals surface area contributed by atoms with Gasteiger partial charge in [0.1, 0.15) is 0 Å². The Bertz CT molecular complexity index is 652. The number of aryl methyl sites for hydroxylation is 1. The van der Waals surface area contributed by atoms with Gasteiger partial charge in [-0.15, -0.1) is 10.2 Å². The van der Waals surface area contributed by atoms with Crippen LogP contribution in [0.25, 0.3) is 0 Å². The van der Waals surface area contributed by atoms with Gasteiger partial charge in [-0.1, -0.05) is 17.4 Å². The molecule has 2 heterocycles. The lowest BCUT2D eigenvalue weighted by molar-refractivity contribution is 0.578. The quantitative estimate of drug-likeness (QED) is 0.836. The molecule has 0 unspecified atom stereocenters. The van der Waals surface area contributed by atoms with Crippen LogP contribution in [0.4, 0.5) is 5.13 Å². The molecule has 0 saturated heterocycles. The molecule has 0 fully saturated rings. The van der Waals surface area contributed by atoms with E-state index in [1.807, 2.05) is 13.0 Å². The molecule has 0 aliphatic heterocycles. The summed E-state index contributed by atoms with van der Waals surface area (Å²) in [6.45, 7) is 1.97. The van der Waals surface area contributed by atoms with Crippen LogP contribution in [0.3, 0.4) is 0 Å². The molecule has 0 saturated carbocycles. The number of nitrogens with zero attached hydrogens (tertiary/aromatic N) is 3. The summed E-state index contributed by atoms with van der Waals surface area (Å²) in [7, 11) is -3.68. The lowest BCUT2D eigenvalue weighted by atomic mass is 10.2. The van der Waals surface area contributed by atoms with E-state index in [1.54, 1.807) is 12.3 Å². The minimum atomic E-state index is -3.68. The molecule has 96 valence electrons. The van der Waals surface area contributed by atoms with Crippen molar-refractivity contribution in [3.8, 4) is 0 Å². The Morgan fingerprint density at radius 2 is 2.22 bits per heavy atom. The van der Waals surface area contributed by atoms with E-state index in [1.165, 1.54) is 0 Å². The van der Waals surface area contributed by atoms with Gasteiger partial charge in [-0.3, -0.25) is 4.98 Å². The summed E-state index contributed by atoms with van der Waals surface area (Å²) in [5, 5.41) is 7.08. The Hall–Kier alpha value is -1.58. The van der Waals surface area contributed by atoms with Gasteiger partial charge in [0.25, 0.3) is 10.0 Å². The fraction of sp³-hybridized carbons (Fsp3) is 0.222. The maximum atomic E-state index is 11.8. The number of anilines is 1. The Balaban J connectivity index is 2.13. The lowest BCUT2D eigenvalue weighted by Gasteiger charge is -2.05. The van der Waals surface area contributed by atoms with Gasteiger partial charge >= 0.3 is 0 Å². The summed E-state index contributed by atoms with van der Waals surface area (Å²) in [4.78, 5) is 4.10. The molecule has 9 heteroatoms. The molecule has 0 aliphatic rings. The molecule has 0 amide bonds. The topological polar surface area (TPSA) is 111 Å². The van der Waals surface area contributed by atoms with Crippen LogP contribution in [0.2, 0.25) is 0 Å². The SMILES string of the molecule is Cc1cccnc1CNS(=O)(=O)c1nnc(N)s1. The summed E-state index contributed by atoms with van der Waals surface area (Å²) >= 11 is 0.819. The summed E-state index contributed by atoms with van der Waals surface area (Å²) < 4.78 is 26.0. The number of nitrogens with one attached hydrogen (secondary N) is 1. The smallest absolute Gasteiger partial charge is 0.270 e. The first-order chi connectivity index (χ1) is 8.49. The van der Waals surface area contributed by atoms with Gasteiger partial charge in [-0.05, 0) is 18.6 Å². The second-order valence-electron chi connectivity index (χ2n) is 3.50. The Labute approximate surface area is 108 Å². The van der Waals surface area contributed by atoms with E-state index in [0.29, 0.717) is 5.69 Å². The molecular weight excluding hydrogens is 274 g/mol. The second-order valence-corrected chi connectivity index (χ2v) is 6.45. The van der Waals surface area contributed by atoms with Crippen LogP contribution in [0.1, 0.15) is 11.3 Å². The number of aromatic nitrogens is 3. The molecule has 0 aromatic carbocycles. The zero-order chi connectivity index (χ0) is 13.2. The van der Waals surface area contributed by atoms with Crippen LogP contribution in [-0.2, 0) is 16.6 Å². The number of nitrogen functional groups attached to an aromatic ring is 1. The van der Waals surface area contributed by atoms with Crippen molar-refractivity contribution in [1.29, 1.82) is 0 Å². The van der Waals surface area contributed by atoms with Crippen molar-refractivity contribution in [2.75, 3.05) is 5.73 Å². The van der Waals surface area contributed by atoms with Crippen LogP contribution in [0.15, 0.2) is 22.7 Å². The molecule has 0 bridgehead atoms. The number of sulfonamides is 1. The van der Waals surface area contributed by atoms with Crippen LogP contribution >= 0.6 is 11.3 Å². The third-order valence-electron chi connectivity index (χ3n) is 2.20. The van der Waals surface area contributed by atoms with Crippen molar-refractivity contribution >= 4 is 26.5 Å². The van der Waals surface area contributed by atoms with Gasteiger partial charge in [0, 0.05) is 6.20 Å². The molecule has 2 rings (SSSR count). The Kier molecular flexibility index (Phi) is 3.55. The standard InChI is InChI=1S/C9H11N5O2S2/c1-6-3-2-4-11-7(6)5-12-18(15,16)9-14-13-8(10)17-9/h2-4,12H,5H2,1H3,(H2,10,13). The summed E-state index contributed by atoms with van der Waals surface area (Å²) in [5.74, 6) is 0. The molecular formula is C9H11N5O2S2. The molecule has 2 aromatic rings. The monoisotopic (exact) mass is 285 g/mol. The molecule has 0 spiro atoms. The van der Waals surface area contributed by atoms with Gasteiger partial charge in [0.05, 0.1) is 12.2 Å². The maximum Gasteiger partial charge on any atom is 0.270 e. The zero-order valence-corrected chi connectivity index (χ0v) is 11.1. The molecule has 2 aromatic heterocycles. The van der Waals surface area contributed by atoms with Crippen LogP contribution in [0, 0.1) is 6.92 Å². The van der Waals surface area contributed by atoms with Crippen LogP contribution in [-0.4, -0.2) is 23.6 Å². The predicted octanol–water partition coefficient (Wildman–Crippen LogP) is 0.302. The number of nitrogens with two attached hydrogens (primary N) is 1. The largest absolute Gasteiger partial charge is 0.374 e. The van der Waals surface area contributed by atoms with E-state index in [4.69, 9.17) is 5.73 Å². The van der Waals surface area contributed by atoms with Crippen LogP contribution in [0.5, 0.6) is 0 Å². The summed E-state index contributed by atoms with van der Waals surface area (Å²) in [6, 6.07) is 3.65. The third-order valence-corrected chi connectivity index (χ3v) is 4.72. The van der Waals surface area contributed by atoms with E-state index < -0.39 is 10.0 Å². The second kappa shape index (κ2) is 4.96. The average molecular weight is 285 g/mol. The minimum absolute atomic E-state index is 0.106. The fourth-order valence-corrected chi connectivity index (χ4v) is 3.07. The highest BCUT2D eigenvalue weighted by Crippen LogP contribution is 2.16. The zero-order valence-electron chi connectivity index (χ0n) is 9.49. The van der Waals surface area contributed by atoms with E-state index in [9.17, 15) is 8.42 Å². The van der Waals surface area contributed by atoms with Crippen molar-refractivity contribution in [3.05, 3.63) is 29.6 Å². The van der Waals surface area contributed by atoms with E-state index in [0.717, 1.165) is 16.9 Å². The van der Waals surface area contributed by atoms with Crippen molar-refractivity contribution < 1.29 is 8.42 Å². The first-order valence-corrected chi connectivity index (χ1v) is 7.28. The normalized spacial score (nSPS) is 11.6. The van der Waals surface area contributed by atoms with Gasteiger partial charge in [-0.25, -0.2) is 13.1 Å². The number of hydrogen-bond acceptors (Lipinski definition) is 7. The fourth-order valence-electron chi connectivity index (χ4n) is 1.26. The number of rotatable bonds is 4.